The molecule has 208 valence electrons. The molecule has 1 atom stereocenters. The smallest absolute Gasteiger partial charge is 0.332 e. The van der Waals surface area contributed by atoms with Crippen LogP contribution < -0.4 is 27.2 Å². The minimum atomic E-state index is -0.643. The first-order valence-corrected chi connectivity index (χ1v) is 13.1. The highest BCUT2D eigenvalue weighted by Gasteiger charge is 2.26. The first kappa shape index (κ1) is 27.8. The van der Waals surface area contributed by atoms with E-state index >= 15 is 0 Å². The molecule has 3 heterocycles. The number of anilines is 2. The van der Waals surface area contributed by atoms with Crippen molar-refractivity contribution >= 4 is 34.6 Å². The number of nitrogens with one attached hydrogen (secondary N) is 1. The molecule has 0 unspecified atom stereocenters. The van der Waals surface area contributed by atoms with Gasteiger partial charge in [-0.1, -0.05) is 24.3 Å². The minimum Gasteiger partial charge on any atom is -0.465 e. The van der Waals surface area contributed by atoms with Crippen LogP contribution in [-0.4, -0.2) is 62.7 Å². The number of piperidine rings is 1. The Morgan fingerprint density at radius 1 is 1.23 bits per heavy atom. The molecule has 1 aromatic carbocycles. The first-order chi connectivity index (χ1) is 18.8. The van der Waals surface area contributed by atoms with Gasteiger partial charge in [0.1, 0.15) is 6.54 Å². The molecule has 0 spiro atoms. The number of allylic oxidation sites excluding steroid dienone is 2. The third kappa shape index (κ3) is 5.80. The van der Waals surface area contributed by atoms with E-state index < -0.39 is 29.5 Å². The second-order valence-corrected chi connectivity index (χ2v) is 9.47. The molecule has 39 heavy (non-hydrogen) atoms. The van der Waals surface area contributed by atoms with E-state index in [9.17, 15) is 19.2 Å². The second-order valence-electron chi connectivity index (χ2n) is 9.47. The van der Waals surface area contributed by atoms with Gasteiger partial charge in [0.25, 0.3) is 5.56 Å². The normalized spacial score (nSPS) is 15.7. The monoisotopic (exact) mass is 537 g/mol. The van der Waals surface area contributed by atoms with E-state index in [0.717, 1.165) is 24.0 Å². The van der Waals surface area contributed by atoms with Crippen molar-refractivity contribution in [3.63, 3.8) is 0 Å². The fourth-order valence-electron chi connectivity index (χ4n) is 4.80. The molecule has 0 saturated carbocycles. The predicted octanol–water partition coefficient (Wildman–Crippen LogP) is 1.26. The second kappa shape index (κ2) is 12.1. The maximum absolute atomic E-state index is 13.8. The first-order valence-electron chi connectivity index (χ1n) is 13.1. The van der Waals surface area contributed by atoms with Gasteiger partial charge in [0, 0.05) is 44.0 Å². The molecule has 3 N–H and O–H groups in total. The van der Waals surface area contributed by atoms with Crippen LogP contribution in [-0.2, 0) is 29.7 Å². The van der Waals surface area contributed by atoms with E-state index in [1.54, 1.807) is 42.8 Å². The van der Waals surface area contributed by atoms with Gasteiger partial charge in [0.15, 0.2) is 16.9 Å². The molecule has 1 aliphatic rings. The fraction of sp³-hybridized carbons (Fsp3) is 0.444. The highest BCUT2D eigenvalue weighted by molar-refractivity contribution is 6.01. The number of Topliss-reactive ketones (excluding diaryl/α,β-unsaturated/α-hetero) is 1. The summed E-state index contributed by atoms with van der Waals surface area (Å²) in [4.78, 5) is 59.0. The van der Waals surface area contributed by atoms with E-state index in [2.05, 4.69) is 5.32 Å². The Balaban J connectivity index is 1.75. The summed E-state index contributed by atoms with van der Waals surface area (Å²) in [6, 6.07) is 6.62. The lowest BCUT2D eigenvalue weighted by atomic mass is 10.1. The Kier molecular flexibility index (Phi) is 8.65. The average Bonchev–Trinajstić information content (AvgIpc) is 3.32. The summed E-state index contributed by atoms with van der Waals surface area (Å²) in [6.45, 7) is 4.94. The van der Waals surface area contributed by atoms with E-state index in [4.69, 9.17) is 15.5 Å². The average molecular weight is 538 g/mol. The van der Waals surface area contributed by atoms with Crippen molar-refractivity contribution in [3.8, 4) is 0 Å². The Hall–Kier alpha value is -4.19. The Morgan fingerprint density at radius 3 is 2.72 bits per heavy atom. The number of hydrogen-bond acceptors (Lipinski definition) is 9. The van der Waals surface area contributed by atoms with Crippen LogP contribution in [0, 0.1) is 0 Å². The molecule has 1 fully saturated rings. The van der Waals surface area contributed by atoms with Crippen molar-refractivity contribution in [1.82, 2.24) is 18.7 Å². The minimum absolute atomic E-state index is 0.00988. The van der Waals surface area contributed by atoms with Crippen LogP contribution in [0.4, 0.5) is 11.6 Å². The summed E-state index contributed by atoms with van der Waals surface area (Å²) < 4.78 is 8.96. The summed E-state index contributed by atoms with van der Waals surface area (Å²) in [5, 5.41) is 2.91. The molecule has 1 saturated heterocycles. The van der Waals surface area contributed by atoms with Crippen molar-refractivity contribution in [2.75, 3.05) is 36.5 Å². The number of carbonyl (C=O) groups excluding carboxylic acids is 2. The molecule has 4 rings (SSSR count). The van der Waals surface area contributed by atoms with E-state index in [0.29, 0.717) is 24.7 Å². The lowest BCUT2D eigenvalue weighted by molar-refractivity contribution is -0.140. The number of aryl methyl sites for hydroxylation is 1. The van der Waals surface area contributed by atoms with Crippen LogP contribution >= 0.6 is 0 Å². The molecule has 1 aliphatic heterocycles. The van der Waals surface area contributed by atoms with Gasteiger partial charge < -0.3 is 25.3 Å². The molecule has 0 radical (unpaired) electrons. The van der Waals surface area contributed by atoms with Gasteiger partial charge in [-0.3, -0.25) is 23.5 Å². The maximum Gasteiger partial charge on any atom is 0.332 e. The summed E-state index contributed by atoms with van der Waals surface area (Å²) in [5.74, 6) is -0.347. The van der Waals surface area contributed by atoms with Gasteiger partial charge in [-0.15, -0.1) is 0 Å². The van der Waals surface area contributed by atoms with E-state index in [1.807, 2.05) is 24.0 Å². The molecule has 3 aromatic rings. The number of fused-ring (bicyclic) bond motifs is 1. The maximum atomic E-state index is 13.8. The Labute approximate surface area is 225 Å². The van der Waals surface area contributed by atoms with Crippen LogP contribution in [0.15, 0.2) is 46.0 Å². The zero-order chi connectivity index (χ0) is 28.1. The number of nitrogens with zero attached hydrogens (tertiary/aromatic N) is 5. The third-order valence-corrected chi connectivity index (χ3v) is 6.73. The fourth-order valence-corrected chi connectivity index (χ4v) is 4.80. The zero-order valence-corrected chi connectivity index (χ0v) is 22.6. The number of para-hydroxylation sites is 1. The lowest BCUT2D eigenvalue weighted by Crippen LogP contribution is -2.44. The summed E-state index contributed by atoms with van der Waals surface area (Å²) >= 11 is 0. The van der Waals surface area contributed by atoms with Crippen LogP contribution in [0.2, 0.25) is 0 Å². The van der Waals surface area contributed by atoms with Crippen molar-refractivity contribution in [3.05, 3.63) is 62.8 Å². The molecule has 12 nitrogen and oxygen atoms in total. The molecular weight excluding hydrogens is 502 g/mol. The number of benzene rings is 1. The number of ketones is 1. The van der Waals surface area contributed by atoms with E-state index in [1.165, 1.54) is 4.57 Å². The molecule has 0 bridgehead atoms. The Morgan fingerprint density at radius 2 is 2.00 bits per heavy atom. The van der Waals surface area contributed by atoms with Crippen LogP contribution in [0.3, 0.4) is 0 Å². The largest absolute Gasteiger partial charge is 0.465 e. The third-order valence-electron chi connectivity index (χ3n) is 6.73. The van der Waals surface area contributed by atoms with Crippen molar-refractivity contribution in [2.45, 2.75) is 45.8 Å². The zero-order valence-electron chi connectivity index (χ0n) is 22.6. The van der Waals surface area contributed by atoms with Gasteiger partial charge >= 0.3 is 11.7 Å². The molecular formula is C27H35N7O5. The number of nitrogens with two attached hydrogens (primary N) is 1. The van der Waals surface area contributed by atoms with Crippen molar-refractivity contribution in [1.29, 1.82) is 0 Å². The summed E-state index contributed by atoms with van der Waals surface area (Å²) in [7, 11) is 1.54. The van der Waals surface area contributed by atoms with Gasteiger partial charge in [-0.25, -0.2) is 4.79 Å². The number of ether oxygens (including phenoxy) is 1. The van der Waals surface area contributed by atoms with Gasteiger partial charge in [-0.2, -0.15) is 4.98 Å². The van der Waals surface area contributed by atoms with Crippen molar-refractivity contribution in [2.24, 2.45) is 12.8 Å². The van der Waals surface area contributed by atoms with Gasteiger partial charge in [-0.05, 0) is 38.8 Å². The topological polar surface area (TPSA) is 146 Å². The standard InChI is InChI=1S/C27H35N7O5/c1-4-6-14-33-23-24(30-26(33)32-13-9-10-18(28)16-32)31(3)27(38)34(25(23)37)17-21(35)19-11-7-8-12-20(19)29-15-22(36)39-5-2/h4,6-8,11-12,18,29H,5,9-10,13-17,28H2,1-3H3/b6-4+/t18-/m1/s1. The number of imidazole rings is 1. The summed E-state index contributed by atoms with van der Waals surface area (Å²) in [6.07, 6.45) is 5.59. The predicted molar refractivity (Wildman–Crippen MR) is 149 cm³/mol. The SMILES string of the molecule is C/C=C/Cn1c(N2CCC[C@@H](N)C2)nc2c1c(=O)n(CC(=O)c1ccccc1NCC(=O)OCC)c(=O)n2C. The number of carbonyl (C=O) groups is 2. The summed E-state index contributed by atoms with van der Waals surface area (Å²) in [5.41, 5.74) is 6.12. The molecule has 2 aromatic heterocycles. The Bertz CT molecular complexity index is 1520. The molecule has 0 aliphatic carbocycles. The quantitative estimate of drug-likeness (QED) is 0.222. The van der Waals surface area contributed by atoms with Crippen LogP contribution in [0.5, 0.6) is 0 Å². The van der Waals surface area contributed by atoms with Gasteiger partial charge in [0.2, 0.25) is 5.95 Å². The van der Waals surface area contributed by atoms with Crippen LogP contribution in [0.1, 0.15) is 37.0 Å². The lowest BCUT2D eigenvalue weighted by Gasteiger charge is -2.31. The highest BCUT2D eigenvalue weighted by atomic mass is 16.5. The number of rotatable bonds is 10. The molecule has 0 amide bonds. The number of hydrogen-bond donors (Lipinski definition) is 2. The van der Waals surface area contributed by atoms with Crippen molar-refractivity contribution < 1.29 is 14.3 Å². The van der Waals surface area contributed by atoms with E-state index in [-0.39, 0.29) is 35.9 Å². The number of esters is 1. The van der Waals surface area contributed by atoms with Gasteiger partial charge in [0.05, 0.1) is 13.2 Å². The van der Waals surface area contributed by atoms with Crippen LogP contribution in [0.25, 0.3) is 11.2 Å². The number of aromatic nitrogens is 4. The molecule has 12 heteroatoms. The highest BCUT2D eigenvalue weighted by Crippen LogP contribution is 2.23.